The molecule has 0 bridgehead atoms. The third-order valence-corrected chi connectivity index (χ3v) is 7.97. The topological polar surface area (TPSA) is 208 Å². The van der Waals surface area contributed by atoms with Gasteiger partial charge in [0.15, 0.2) is 22.7 Å². The average molecular weight is 587 g/mol. The third kappa shape index (κ3) is 7.19. The van der Waals surface area contributed by atoms with Gasteiger partial charge in [-0.2, -0.15) is 8.42 Å². The highest BCUT2D eigenvalue weighted by atomic mass is 33.1. The molecule has 202 valence electrons. The van der Waals surface area contributed by atoms with Crippen molar-refractivity contribution >= 4 is 66.8 Å². The summed E-state index contributed by atoms with van der Waals surface area (Å²) in [6, 6.07) is 0. The molecule has 0 aromatic heterocycles. The number of carbonyl (C=O) groups is 4. The standard InChI is InChI=1S/C17H17F3N6O8S3/c1-22-14-10(11(18)12(19)15(13(14)20)24-25-21)16(29)23-3-5-36-35-4-2-9(28)34-26-8(27)6-7(17(26)30)37(31,32)33/h7,22H,2-6H2,1H3,(H,23,29)(H,31,32,33). The summed E-state index contributed by atoms with van der Waals surface area (Å²) in [5.74, 6) is -9.37. The van der Waals surface area contributed by atoms with Gasteiger partial charge in [0.25, 0.3) is 27.8 Å². The molecule has 2 rings (SSSR count). The van der Waals surface area contributed by atoms with Crippen LogP contribution in [0.15, 0.2) is 5.11 Å². The lowest BCUT2D eigenvalue weighted by Crippen LogP contribution is -2.36. The van der Waals surface area contributed by atoms with Gasteiger partial charge in [-0.25, -0.2) is 18.0 Å². The molecule has 3 N–H and O–H groups in total. The number of nitrogens with zero attached hydrogens (tertiary/aromatic N) is 4. The molecule has 0 aliphatic carbocycles. The van der Waals surface area contributed by atoms with E-state index in [1.54, 1.807) is 0 Å². The maximum atomic E-state index is 14.3. The van der Waals surface area contributed by atoms with Crippen molar-refractivity contribution in [2.24, 2.45) is 5.11 Å². The molecule has 14 nitrogen and oxygen atoms in total. The highest BCUT2D eigenvalue weighted by Gasteiger charge is 2.48. The summed E-state index contributed by atoms with van der Waals surface area (Å²) in [5, 5.41) is 5.17. The second-order valence-corrected chi connectivity index (χ2v) is 11.1. The molecular weight excluding hydrogens is 569 g/mol. The Hall–Kier alpha value is -3.19. The molecule has 3 amide bonds. The summed E-state index contributed by atoms with van der Waals surface area (Å²) in [6.07, 6.45) is -1.16. The summed E-state index contributed by atoms with van der Waals surface area (Å²) in [6.45, 7) is -0.0846. The maximum Gasteiger partial charge on any atom is 0.334 e. The molecule has 1 fully saturated rings. The van der Waals surface area contributed by atoms with Crippen LogP contribution in [0.5, 0.6) is 0 Å². The van der Waals surface area contributed by atoms with E-state index < -0.39 is 79.9 Å². The first kappa shape index (κ1) is 30.0. The molecule has 1 atom stereocenters. The molecule has 0 radical (unpaired) electrons. The predicted octanol–water partition coefficient (Wildman–Crippen LogP) is 2.06. The summed E-state index contributed by atoms with van der Waals surface area (Å²) < 4.78 is 73.7. The van der Waals surface area contributed by atoms with Gasteiger partial charge in [0.2, 0.25) is 0 Å². The van der Waals surface area contributed by atoms with Crippen molar-refractivity contribution in [1.29, 1.82) is 0 Å². The Morgan fingerprint density at radius 2 is 1.86 bits per heavy atom. The minimum absolute atomic E-state index is 0.0163. The van der Waals surface area contributed by atoms with Crippen LogP contribution in [0, 0.1) is 17.5 Å². The van der Waals surface area contributed by atoms with Crippen LogP contribution >= 0.6 is 21.6 Å². The van der Waals surface area contributed by atoms with Crippen LogP contribution in [0.1, 0.15) is 23.2 Å². The Morgan fingerprint density at radius 1 is 1.22 bits per heavy atom. The van der Waals surface area contributed by atoms with Crippen molar-refractivity contribution in [1.82, 2.24) is 10.4 Å². The molecule has 1 aliphatic rings. The number of nitrogens with one attached hydrogen (secondary N) is 2. The lowest BCUT2D eigenvalue weighted by Gasteiger charge is -2.14. The van der Waals surface area contributed by atoms with Crippen LogP contribution in [-0.2, 0) is 29.3 Å². The monoisotopic (exact) mass is 586 g/mol. The van der Waals surface area contributed by atoms with E-state index in [-0.39, 0.29) is 29.5 Å². The van der Waals surface area contributed by atoms with Crippen LogP contribution in [0.4, 0.5) is 24.5 Å². The van der Waals surface area contributed by atoms with Crippen LogP contribution in [0.2, 0.25) is 0 Å². The van der Waals surface area contributed by atoms with Crippen LogP contribution in [0.3, 0.4) is 0 Å². The van der Waals surface area contributed by atoms with E-state index in [0.29, 0.717) is 0 Å². The van der Waals surface area contributed by atoms with Gasteiger partial charge in [0.05, 0.1) is 18.5 Å². The lowest BCUT2D eigenvalue weighted by atomic mass is 10.1. The molecule has 20 heteroatoms. The number of azide groups is 1. The molecule has 0 saturated carbocycles. The predicted molar refractivity (Wildman–Crippen MR) is 124 cm³/mol. The van der Waals surface area contributed by atoms with Gasteiger partial charge in [-0.1, -0.05) is 26.7 Å². The van der Waals surface area contributed by atoms with Crippen molar-refractivity contribution in [3.05, 3.63) is 33.5 Å². The summed E-state index contributed by atoms with van der Waals surface area (Å²) >= 11 is 0. The van der Waals surface area contributed by atoms with Gasteiger partial charge in [-0.05, 0) is 5.53 Å². The molecule has 1 aliphatic heterocycles. The summed E-state index contributed by atoms with van der Waals surface area (Å²) in [7, 11) is -1.46. The quantitative estimate of drug-likeness (QED) is 0.0472. The molecule has 1 heterocycles. The van der Waals surface area contributed by atoms with E-state index >= 15 is 0 Å². The third-order valence-electron chi connectivity index (χ3n) is 4.48. The number of hydrogen-bond donors (Lipinski definition) is 3. The number of carbonyl (C=O) groups excluding carboxylic acids is 4. The van der Waals surface area contributed by atoms with Gasteiger partial charge in [0.1, 0.15) is 11.3 Å². The largest absolute Gasteiger partial charge is 0.385 e. The molecule has 0 spiro atoms. The molecule has 1 saturated heterocycles. The fourth-order valence-electron chi connectivity index (χ4n) is 2.82. The normalized spacial score (nSPS) is 15.4. The maximum absolute atomic E-state index is 14.3. The van der Waals surface area contributed by atoms with Gasteiger partial charge in [-0.3, -0.25) is 18.9 Å². The van der Waals surface area contributed by atoms with Gasteiger partial charge >= 0.3 is 5.97 Å². The van der Waals surface area contributed by atoms with E-state index in [4.69, 9.17) is 10.1 Å². The van der Waals surface area contributed by atoms with E-state index in [9.17, 15) is 40.8 Å². The number of imide groups is 1. The Balaban J connectivity index is 1.79. The number of anilines is 1. The zero-order chi connectivity index (χ0) is 27.9. The minimum atomic E-state index is -4.84. The Kier molecular flexibility index (Phi) is 10.4. The fourth-order valence-corrected chi connectivity index (χ4v) is 5.41. The van der Waals surface area contributed by atoms with Crippen LogP contribution in [0.25, 0.3) is 10.4 Å². The Bertz CT molecular complexity index is 1280. The van der Waals surface area contributed by atoms with Crippen molar-refractivity contribution < 1.29 is 50.2 Å². The SMILES string of the molecule is CNc1c(F)c(N=[N+]=[N-])c(F)c(F)c1C(=O)NCCSSCCC(=O)ON1C(=O)CC(S(=O)(=O)O)C1=O. The van der Waals surface area contributed by atoms with Crippen molar-refractivity contribution in [2.75, 3.05) is 30.4 Å². The number of amides is 3. The second-order valence-electron chi connectivity index (χ2n) is 6.83. The van der Waals surface area contributed by atoms with E-state index in [0.717, 1.165) is 28.6 Å². The van der Waals surface area contributed by atoms with E-state index in [1.807, 2.05) is 0 Å². The van der Waals surface area contributed by atoms with E-state index in [2.05, 4.69) is 25.5 Å². The van der Waals surface area contributed by atoms with Gasteiger partial charge in [-0.15, -0.1) is 5.06 Å². The zero-order valence-corrected chi connectivity index (χ0v) is 21.0. The minimum Gasteiger partial charge on any atom is -0.385 e. The van der Waals surface area contributed by atoms with Gasteiger partial charge < -0.3 is 15.5 Å². The summed E-state index contributed by atoms with van der Waals surface area (Å²) in [4.78, 5) is 54.3. The Morgan fingerprint density at radius 3 is 2.43 bits per heavy atom. The fraction of sp³-hybridized carbons (Fsp3) is 0.412. The first-order valence-corrected chi connectivity index (χ1v) is 13.8. The Labute approximate surface area is 214 Å². The average Bonchev–Trinajstić information content (AvgIpc) is 3.11. The van der Waals surface area contributed by atoms with Crippen LogP contribution in [-0.4, -0.2) is 72.1 Å². The van der Waals surface area contributed by atoms with Crippen molar-refractivity contribution in [2.45, 2.75) is 18.1 Å². The molecule has 1 aromatic carbocycles. The molecule has 1 aromatic rings. The number of rotatable bonds is 12. The zero-order valence-electron chi connectivity index (χ0n) is 18.6. The first-order valence-electron chi connectivity index (χ1n) is 9.84. The lowest BCUT2D eigenvalue weighted by molar-refractivity contribution is -0.197. The van der Waals surface area contributed by atoms with Gasteiger partial charge in [0, 0.05) is 30.0 Å². The van der Waals surface area contributed by atoms with Crippen molar-refractivity contribution in [3.8, 4) is 0 Å². The number of hydrogen-bond acceptors (Lipinski definition) is 11. The second kappa shape index (κ2) is 12.9. The first-order chi connectivity index (χ1) is 17.3. The molecule has 37 heavy (non-hydrogen) atoms. The highest BCUT2D eigenvalue weighted by Crippen LogP contribution is 2.34. The molecule has 1 unspecified atom stereocenters. The van der Waals surface area contributed by atoms with Crippen molar-refractivity contribution in [3.63, 3.8) is 0 Å². The highest BCUT2D eigenvalue weighted by molar-refractivity contribution is 8.76. The number of benzene rings is 1. The molecular formula is C17H17F3N6O8S3. The summed E-state index contributed by atoms with van der Waals surface area (Å²) in [5.41, 5.74) is 5.47. The smallest absolute Gasteiger partial charge is 0.334 e. The number of hydroxylamine groups is 2. The van der Waals surface area contributed by atoms with E-state index in [1.165, 1.54) is 0 Å². The number of halogens is 3. The van der Waals surface area contributed by atoms with Crippen LogP contribution < -0.4 is 10.6 Å².